The molecule has 30 heavy (non-hydrogen) atoms. The van der Waals surface area contributed by atoms with Gasteiger partial charge in [-0.3, -0.25) is 8.68 Å². The number of aryl methyl sites for hydroxylation is 2. The minimum Gasteiger partial charge on any atom is -0.292 e. The van der Waals surface area contributed by atoms with Crippen LogP contribution in [0.25, 0.3) is 21.8 Å². The average molecular weight is 494 g/mol. The minimum absolute atomic E-state index is 0.135. The van der Waals surface area contributed by atoms with Crippen molar-refractivity contribution in [3.63, 3.8) is 0 Å². The maximum absolute atomic E-state index is 7.32. The molecular weight excluding hydrogens is 475 g/mol. The van der Waals surface area contributed by atoms with Crippen molar-refractivity contribution in [3.05, 3.63) is 105 Å². The first-order valence-electron chi connectivity index (χ1n) is 9.99. The molecule has 0 saturated carbocycles. The topological polar surface area (TPSA) is 9.86 Å². The molecule has 6 rings (SSSR count). The van der Waals surface area contributed by atoms with Crippen molar-refractivity contribution >= 4 is 56.6 Å². The SMILES string of the molecule is Cc1c2n(c3ccccc13)P(Cl)n1c(c(C)c3ccccc31)C2c1ccc(Br)cc1. The zero-order valence-electron chi connectivity index (χ0n) is 16.6. The van der Waals surface area contributed by atoms with Gasteiger partial charge in [-0.2, -0.15) is 0 Å². The Kier molecular flexibility index (Phi) is 4.19. The summed E-state index contributed by atoms with van der Waals surface area (Å²) in [5, 5.41) is 2.57. The Hall–Kier alpha value is -2.06. The Morgan fingerprint density at radius 2 is 1.20 bits per heavy atom. The van der Waals surface area contributed by atoms with Gasteiger partial charge in [0.15, 0.2) is 0 Å². The third kappa shape index (κ3) is 2.40. The van der Waals surface area contributed by atoms with Gasteiger partial charge in [0, 0.05) is 26.6 Å². The van der Waals surface area contributed by atoms with Gasteiger partial charge in [0.25, 0.3) is 0 Å². The van der Waals surface area contributed by atoms with Gasteiger partial charge in [-0.1, -0.05) is 64.5 Å². The molecule has 5 aromatic rings. The van der Waals surface area contributed by atoms with E-state index in [0.717, 1.165) is 4.47 Å². The Bertz CT molecular complexity index is 1360. The molecule has 2 aromatic heterocycles. The zero-order chi connectivity index (χ0) is 20.6. The second-order valence-corrected chi connectivity index (χ2v) is 11.0. The van der Waals surface area contributed by atoms with Gasteiger partial charge in [0.2, 0.25) is 7.58 Å². The molecule has 0 atom stereocenters. The molecule has 5 heteroatoms. The molecule has 0 spiro atoms. The predicted octanol–water partition coefficient (Wildman–Crippen LogP) is 8.33. The number of halogens is 2. The average Bonchev–Trinajstić information content (AvgIpc) is 3.23. The van der Waals surface area contributed by atoms with Gasteiger partial charge in [0.1, 0.15) is 0 Å². The number of benzene rings is 3. The molecule has 0 saturated heterocycles. The summed E-state index contributed by atoms with van der Waals surface area (Å²) < 4.78 is 5.89. The second-order valence-electron chi connectivity index (χ2n) is 7.90. The van der Waals surface area contributed by atoms with Crippen LogP contribution in [0.4, 0.5) is 0 Å². The van der Waals surface area contributed by atoms with Crippen LogP contribution in [0.5, 0.6) is 0 Å². The molecule has 0 fully saturated rings. The van der Waals surface area contributed by atoms with Gasteiger partial charge >= 0.3 is 0 Å². The number of aromatic nitrogens is 2. The molecule has 3 aromatic carbocycles. The third-order valence-electron chi connectivity index (χ3n) is 6.38. The van der Waals surface area contributed by atoms with Crippen LogP contribution in [-0.2, 0) is 0 Å². The molecule has 0 aliphatic carbocycles. The normalized spacial score (nSPS) is 18.0. The van der Waals surface area contributed by atoms with Crippen LogP contribution in [0.3, 0.4) is 0 Å². The summed E-state index contributed by atoms with van der Waals surface area (Å²) in [5.41, 5.74) is 9.00. The van der Waals surface area contributed by atoms with Crippen LogP contribution in [-0.4, -0.2) is 8.68 Å². The largest absolute Gasteiger partial charge is 0.292 e. The Labute approximate surface area is 189 Å². The zero-order valence-corrected chi connectivity index (χ0v) is 19.8. The van der Waals surface area contributed by atoms with E-state index in [-0.39, 0.29) is 5.92 Å². The summed E-state index contributed by atoms with van der Waals surface area (Å²) in [6.07, 6.45) is 0. The summed E-state index contributed by atoms with van der Waals surface area (Å²) in [6.45, 7) is 4.49. The van der Waals surface area contributed by atoms with E-state index in [4.69, 9.17) is 11.2 Å². The van der Waals surface area contributed by atoms with E-state index in [2.05, 4.69) is 111 Å². The number of fused-ring (bicyclic) bond motifs is 6. The molecule has 0 N–H and O–H groups in total. The summed E-state index contributed by atoms with van der Waals surface area (Å²) in [7, 11) is -1.11. The highest BCUT2D eigenvalue weighted by atomic mass is 79.9. The lowest BCUT2D eigenvalue weighted by Crippen LogP contribution is -2.19. The highest BCUT2D eigenvalue weighted by Crippen LogP contribution is 2.60. The van der Waals surface area contributed by atoms with Crippen LogP contribution >= 0.6 is 34.7 Å². The lowest BCUT2D eigenvalue weighted by Gasteiger charge is -2.33. The lowest BCUT2D eigenvalue weighted by molar-refractivity contribution is 0.823. The van der Waals surface area contributed by atoms with E-state index in [1.807, 2.05) is 0 Å². The molecule has 1 aliphatic heterocycles. The maximum Gasteiger partial charge on any atom is 0.206 e. The smallest absolute Gasteiger partial charge is 0.206 e. The van der Waals surface area contributed by atoms with Crippen molar-refractivity contribution in [2.24, 2.45) is 0 Å². The molecule has 0 unspecified atom stereocenters. The van der Waals surface area contributed by atoms with Crippen molar-refractivity contribution in [1.82, 2.24) is 8.68 Å². The summed E-state index contributed by atoms with van der Waals surface area (Å²) in [4.78, 5) is 0. The van der Waals surface area contributed by atoms with Crippen LogP contribution in [0.2, 0.25) is 0 Å². The van der Waals surface area contributed by atoms with Gasteiger partial charge < -0.3 is 0 Å². The predicted molar refractivity (Wildman–Crippen MR) is 132 cm³/mol. The molecule has 2 nitrogen and oxygen atoms in total. The molecule has 0 bridgehead atoms. The van der Waals surface area contributed by atoms with Gasteiger partial charge in [-0.05, 0) is 66.0 Å². The molecule has 0 radical (unpaired) electrons. The molecule has 0 amide bonds. The quantitative estimate of drug-likeness (QED) is 0.208. The Morgan fingerprint density at radius 1 is 0.733 bits per heavy atom. The fourth-order valence-corrected chi connectivity index (χ4v) is 8.04. The number of hydrogen-bond donors (Lipinski definition) is 0. The summed E-state index contributed by atoms with van der Waals surface area (Å²) in [6, 6.07) is 26.0. The van der Waals surface area contributed by atoms with Crippen LogP contribution < -0.4 is 0 Å². The summed E-state index contributed by atoms with van der Waals surface area (Å²) >= 11 is 10.9. The van der Waals surface area contributed by atoms with Crippen LogP contribution in [0.1, 0.15) is 34.0 Å². The minimum atomic E-state index is -1.11. The van der Waals surface area contributed by atoms with Crippen molar-refractivity contribution in [2.45, 2.75) is 19.8 Å². The van der Waals surface area contributed by atoms with Gasteiger partial charge in [-0.15, -0.1) is 0 Å². The van der Waals surface area contributed by atoms with E-state index in [1.165, 1.54) is 49.9 Å². The second kappa shape index (κ2) is 6.72. The van der Waals surface area contributed by atoms with Crippen molar-refractivity contribution in [3.8, 4) is 0 Å². The molecule has 148 valence electrons. The third-order valence-corrected chi connectivity index (χ3v) is 9.34. The number of hydrogen-bond acceptors (Lipinski definition) is 0. The van der Waals surface area contributed by atoms with E-state index in [9.17, 15) is 0 Å². The van der Waals surface area contributed by atoms with Gasteiger partial charge in [0.05, 0.1) is 17.0 Å². The van der Waals surface area contributed by atoms with E-state index >= 15 is 0 Å². The summed E-state index contributed by atoms with van der Waals surface area (Å²) in [5.74, 6) is 0.135. The highest BCUT2D eigenvalue weighted by Gasteiger charge is 2.38. The van der Waals surface area contributed by atoms with E-state index in [1.54, 1.807) is 0 Å². The standard InChI is InChI=1S/C25H19BrClN2P/c1-15-19-7-3-5-9-21(19)28-24(15)23(17-11-13-18(26)14-12-17)25-16(2)20-8-4-6-10-22(20)29(25)30(28)27/h3-14,23H,1-2H3. The monoisotopic (exact) mass is 492 g/mol. The van der Waals surface area contributed by atoms with Crippen LogP contribution in [0, 0.1) is 13.8 Å². The van der Waals surface area contributed by atoms with E-state index < -0.39 is 7.58 Å². The Balaban J connectivity index is 1.79. The van der Waals surface area contributed by atoms with Crippen molar-refractivity contribution in [2.75, 3.05) is 0 Å². The number of nitrogens with zero attached hydrogens (tertiary/aromatic N) is 2. The lowest BCUT2D eigenvalue weighted by atomic mass is 9.88. The first kappa shape index (κ1) is 18.7. The van der Waals surface area contributed by atoms with E-state index in [0.29, 0.717) is 0 Å². The van der Waals surface area contributed by atoms with Crippen molar-refractivity contribution < 1.29 is 0 Å². The molecule has 3 heterocycles. The first-order valence-corrected chi connectivity index (χ1v) is 12.9. The van der Waals surface area contributed by atoms with Crippen LogP contribution in [0.15, 0.2) is 77.3 Å². The number of para-hydroxylation sites is 2. The Morgan fingerprint density at radius 3 is 1.70 bits per heavy atom. The first-order chi connectivity index (χ1) is 14.6. The van der Waals surface area contributed by atoms with Gasteiger partial charge in [-0.25, -0.2) is 0 Å². The highest BCUT2D eigenvalue weighted by molar-refractivity contribution is 9.10. The molecular formula is C25H19BrClN2P. The van der Waals surface area contributed by atoms with Crippen molar-refractivity contribution in [1.29, 1.82) is 0 Å². The number of rotatable bonds is 1. The maximum atomic E-state index is 7.32. The molecule has 1 aliphatic rings. The fraction of sp³-hybridized carbons (Fsp3) is 0.120. The fourth-order valence-electron chi connectivity index (χ4n) is 5.03.